The minimum Gasteiger partial charge on any atom is -0.384 e. The summed E-state index contributed by atoms with van der Waals surface area (Å²) in [5, 5.41) is 0. The van der Waals surface area contributed by atoms with Crippen molar-refractivity contribution >= 4 is 8.60 Å². The van der Waals surface area contributed by atoms with Crippen molar-refractivity contribution in [3.63, 3.8) is 0 Å². The first-order valence-corrected chi connectivity index (χ1v) is 5.55. The molecule has 0 spiro atoms. The van der Waals surface area contributed by atoms with Gasteiger partial charge in [-0.05, 0) is 27.7 Å². The van der Waals surface area contributed by atoms with E-state index in [1.807, 2.05) is 0 Å². The second-order valence-corrected chi connectivity index (χ2v) is 4.68. The van der Waals surface area contributed by atoms with Crippen molar-refractivity contribution in [3.8, 4) is 0 Å². The van der Waals surface area contributed by atoms with E-state index in [1.54, 1.807) is 0 Å². The molecule has 0 saturated carbocycles. The number of nitrogens with zero attached hydrogens (tertiary/aromatic N) is 1. The zero-order valence-corrected chi connectivity index (χ0v) is 9.17. The van der Waals surface area contributed by atoms with Gasteiger partial charge in [0, 0.05) is 12.1 Å². The number of rotatable bonds is 3. The zero-order chi connectivity index (χ0) is 9.59. The van der Waals surface area contributed by atoms with Crippen LogP contribution in [-0.4, -0.2) is 17.0 Å². The van der Waals surface area contributed by atoms with E-state index >= 15 is 0 Å². The van der Waals surface area contributed by atoms with Gasteiger partial charge < -0.3 is 18.5 Å². The van der Waals surface area contributed by atoms with Crippen molar-refractivity contribution in [2.45, 2.75) is 39.8 Å². The molecule has 0 aromatic heterocycles. The Kier molecular flexibility index (Phi) is 2.03. The summed E-state index contributed by atoms with van der Waals surface area (Å²) in [4.78, 5) is 2.16. The highest BCUT2D eigenvalue weighted by molar-refractivity contribution is 7.43. The predicted octanol–water partition coefficient (Wildman–Crippen LogP) is 2.54. The van der Waals surface area contributed by atoms with Crippen LogP contribution in [0.15, 0.2) is 11.8 Å². The van der Waals surface area contributed by atoms with Crippen molar-refractivity contribution in [3.05, 3.63) is 11.8 Å². The SMILES string of the molecule is CC(C)N(C1=C2OP(O2)O1)C(C)C. The minimum atomic E-state index is -1.06. The summed E-state index contributed by atoms with van der Waals surface area (Å²) in [5.41, 5.74) is 0. The molecular weight excluding hydrogens is 189 g/mol. The van der Waals surface area contributed by atoms with E-state index < -0.39 is 8.60 Å². The second kappa shape index (κ2) is 2.95. The Morgan fingerprint density at radius 3 is 1.85 bits per heavy atom. The monoisotopic (exact) mass is 203 g/mol. The average molecular weight is 203 g/mol. The smallest absolute Gasteiger partial charge is 0.384 e. The van der Waals surface area contributed by atoms with Crippen LogP contribution in [0, 0.1) is 0 Å². The van der Waals surface area contributed by atoms with Gasteiger partial charge in [0.15, 0.2) is 0 Å². The third-order valence-corrected chi connectivity index (χ3v) is 2.95. The summed E-state index contributed by atoms with van der Waals surface area (Å²) >= 11 is 0. The van der Waals surface area contributed by atoms with Crippen LogP contribution >= 0.6 is 8.60 Å². The van der Waals surface area contributed by atoms with Gasteiger partial charge in [0.2, 0.25) is 0 Å². The van der Waals surface area contributed by atoms with Crippen LogP contribution in [0.2, 0.25) is 0 Å². The van der Waals surface area contributed by atoms with Gasteiger partial charge in [0.25, 0.3) is 5.88 Å². The summed E-state index contributed by atoms with van der Waals surface area (Å²) in [5.74, 6) is 1.34. The van der Waals surface area contributed by atoms with E-state index in [9.17, 15) is 0 Å². The van der Waals surface area contributed by atoms with E-state index in [0.717, 1.165) is 5.88 Å². The van der Waals surface area contributed by atoms with E-state index in [1.165, 1.54) is 0 Å². The van der Waals surface area contributed by atoms with Crippen LogP contribution in [0.3, 0.4) is 0 Å². The number of hydrogen-bond acceptors (Lipinski definition) is 4. The highest BCUT2D eigenvalue weighted by atomic mass is 31.2. The molecule has 1 fully saturated rings. The second-order valence-electron chi connectivity index (χ2n) is 3.68. The highest BCUT2D eigenvalue weighted by Gasteiger charge is 2.49. The molecular formula is C8H14NO3P. The molecule has 3 rings (SSSR count). The molecule has 0 N–H and O–H groups in total. The quantitative estimate of drug-likeness (QED) is 0.659. The van der Waals surface area contributed by atoms with Crippen molar-refractivity contribution in [2.24, 2.45) is 0 Å². The van der Waals surface area contributed by atoms with Gasteiger partial charge in [-0.15, -0.1) is 0 Å². The van der Waals surface area contributed by atoms with Gasteiger partial charge in [-0.25, -0.2) is 0 Å². The molecule has 2 bridgehead atoms. The maximum absolute atomic E-state index is 5.45. The van der Waals surface area contributed by atoms with Crippen molar-refractivity contribution < 1.29 is 13.6 Å². The van der Waals surface area contributed by atoms with E-state index in [0.29, 0.717) is 18.0 Å². The Morgan fingerprint density at radius 2 is 1.54 bits per heavy atom. The molecule has 13 heavy (non-hydrogen) atoms. The fourth-order valence-electron chi connectivity index (χ4n) is 1.58. The van der Waals surface area contributed by atoms with Gasteiger partial charge in [0.1, 0.15) is 0 Å². The Balaban J connectivity index is 2.16. The molecule has 0 amide bonds. The molecule has 74 valence electrons. The Labute approximate surface area is 79.5 Å². The Morgan fingerprint density at radius 1 is 1.00 bits per heavy atom. The maximum atomic E-state index is 5.45. The molecule has 5 heteroatoms. The predicted molar refractivity (Wildman–Crippen MR) is 49.3 cm³/mol. The zero-order valence-electron chi connectivity index (χ0n) is 8.27. The third-order valence-electron chi connectivity index (χ3n) is 2.00. The van der Waals surface area contributed by atoms with E-state index in [2.05, 4.69) is 32.6 Å². The summed E-state index contributed by atoms with van der Waals surface area (Å²) < 4.78 is 15.9. The lowest BCUT2D eigenvalue weighted by Gasteiger charge is -2.30. The average Bonchev–Trinajstić information content (AvgIpc) is 2.40. The molecule has 4 nitrogen and oxygen atoms in total. The van der Waals surface area contributed by atoms with Crippen LogP contribution in [-0.2, 0) is 13.6 Å². The van der Waals surface area contributed by atoms with Crippen molar-refractivity contribution in [1.82, 2.24) is 4.90 Å². The first kappa shape index (κ1) is 8.95. The van der Waals surface area contributed by atoms with Crippen LogP contribution < -0.4 is 0 Å². The lowest BCUT2D eigenvalue weighted by Crippen LogP contribution is -2.36. The summed E-state index contributed by atoms with van der Waals surface area (Å²) in [7, 11) is -1.06. The minimum absolute atomic E-state index is 0.394. The van der Waals surface area contributed by atoms with Crippen LogP contribution in [0.1, 0.15) is 27.7 Å². The van der Waals surface area contributed by atoms with E-state index in [-0.39, 0.29) is 0 Å². The van der Waals surface area contributed by atoms with Gasteiger partial charge in [0.05, 0.1) is 0 Å². The first-order valence-electron chi connectivity index (χ1n) is 4.46. The lowest BCUT2D eigenvalue weighted by atomic mass is 10.2. The fourth-order valence-corrected chi connectivity index (χ4v) is 2.41. The largest absolute Gasteiger partial charge is 0.536 e. The molecule has 1 saturated heterocycles. The molecule has 3 heterocycles. The van der Waals surface area contributed by atoms with Gasteiger partial charge in [-0.2, -0.15) is 0 Å². The fraction of sp³-hybridized carbons (Fsp3) is 0.750. The molecule has 0 aromatic rings. The molecule has 0 aliphatic carbocycles. The van der Waals surface area contributed by atoms with Gasteiger partial charge in [-0.1, -0.05) is 0 Å². The topological polar surface area (TPSA) is 30.9 Å². The summed E-state index contributed by atoms with van der Waals surface area (Å²) in [6.45, 7) is 8.50. The van der Waals surface area contributed by atoms with Crippen LogP contribution in [0.25, 0.3) is 0 Å². The first-order chi connectivity index (χ1) is 6.09. The Bertz CT molecular complexity index is 236. The summed E-state index contributed by atoms with van der Waals surface area (Å²) in [6.07, 6.45) is 0. The van der Waals surface area contributed by atoms with Crippen LogP contribution in [0.5, 0.6) is 0 Å². The molecule has 3 aliphatic rings. The van der Waals surface area contributed by atoms with Gasteiger partial charge in [-0.3, -0.25) is 0 Å². The van der Waals surface area contributed by atoms with E-state index in [4.69, 9.17) is 13.6 Å². The maximum Gasteiger partial charge on any atom is 0.536 e. The standard InChI is InChI=1S/C8H14NO3P/c1-5(2)9(6(3)4)7-8-11-13(10-7)12-8/h5-6H,1-4H3. The summed E-state index contributed by atoms with van der Waals surface area (Å²) in [6, 6.07) is 0.787. The third kappa shape index (κ3) is 1.33. The lowest BCUT2D eigenvalue weighted by molar-refractivity contribution is 0.138. The normalized spacial score (nSPS) is 19.8. The van der Waals surface area contributed by atoms with Gasteiger partial charge >= 0.3 is 14.5 Å². The molecule has 3 aliphatic heterocycles. The van der Waals surface area contributed by atoms with Crippen LogP contribution in [0.4, 0.5) is 0 Å². The highest BCUT2D eigenvalue weighted by Crippen LogP contribution is 2.64. The molecule has 0 atom stereocenters. The Hall–Kier alpha value is -0.630. The molecule has 0 radical (unpaired) electrons. The number of hydrogen-bond donors (Lipinski definition) is 0. The van der Waals surface area contributed by atoms with Crippen molar-refractivity contribution in [1.29, 1.82) is 0 Å². The molecule has 0 unspecified atom stereocenters. The molecule has 0 aromatic carbocycles. The number of fused-ring (bicyclic) bond motifs is 1. The van der Waals surface area contributed by atoms with Crippen molar-refractivity contribution in [2.75, 3.05) is 0 Å².